The Labute approximate surface area is 158 Å². The zero-order valence-electron chi connectivity index (χ0n) is 13.8. The number of carboxylic acids is 1. The molecule has 1 amide bonds. The van der Waals surface area contributed by atoms with E-state index in [2.05, 4.69) is 33.5 Å². The summed E-state index contributed by atoms with van der Waals surface area (Å²) in [7, 11) is 0. The van der Waals surface area contributed by atoms with Crippen LogP contribution in [0.3, 0.4) is 0 Å². The summed E-state index contributed by atoms with van der Waals surface area (Å²) in [4.78, 5) is 32.9. The van der Waals surface area contributed by atoms with Gasteiger partial charge < -0.3 is 10.4 Å². The number of carbonyl (C=O) groups excluding carboxylic acids is 1. The fourth-order valence-electron chi connectivity index (χ4n) is 2.33. The highest BCUT2D eigenvalue weighted by Crippen LogP contribution is 2.36. The predicted molar refractivity (Wildman–Crippen MR) is 103 cm³/mol. The van der Waals surface area contributed by atoms with E-state index in [1.54, 1.807) is 17.7 Å². The van der Waals surface area contributed by atoms with Crippen molar-refractivity contribution < 1.29 is 14.7 Å². The van der Waals surface area contributed by atoms with Crippen LogP contribution in [0.4, 0.5) is 0 Å². The van der Waals surface area contributed by atoms with E-state index >= 15 is 0 Å². The topological polar surface area (TPSA) is 92.2 Å². The number of fused-ring (bicyclic) bond motifs is 1. The Hall–Kier alpha value is -2.45. The average molecular weight is 387 g/mol. The maximum absolute atomic E-state index is 11.7. The lowest BCUT2D eigenvalue weighted by molar-refractivity contribution is -0.136. The first kappa shape index (κ1) is 18.3. The van der Waals surface area contributed by atoms with Gasteiger partial charge in [0.15, 0.2) is 0 Å². The molecule has 0 aliphatic carbocycles. The van der Waals surface area contributed by atoms with E-state index in [4.69, 9.17) is 5.11 Å². The van der Waals surface area contributed by atoms with Crippen molar-refractivity contribution >= 4 is 45.2 Å². The molecule has 2 aromatic heterocycles. The summed E-state index contributed by atoms with van der Waals surface area (Å²) in [5.74, 6) is -0.504. The molecule has 8 heteroatoms. The zero-order valence-corrected chi connectivity index (χ0v) is 15.5. The third kappa shape index (κ3) is 4.80. The van der Waals surface area contributed by atoms with Crippen molar-refractivity contribution in [3.8, 4) is 10.4 Å². The normalized spacial score (nSPS) is 10.8. The molecule has 0 aliphatic rings. The molecule has 0 bridgehead atoms. The SMILES string of the molecule is O=C(O)CCNC(=O)CCSc1ncnc2sc(-c3ccccc3)cc12. The molecule has 0 unspecified atom stereocenters. The van der Waals surface area contributed by atoms with Crippen LogP contribution in [0.1, 0.15) is 12.8 Å². The number of amides is 1. The quantitative estimate of drug-likeness (QED) is 0.454. The molecule has 134 valence electrons. The number of rotatable bonds is 8. The fourth-order valence-corrected chi connectivity index (χ4v) is 4.31. The van der Waals surface area contributed by atoms with Gasteiger partial charge in [0.2, 0.25) is 5.91 Å². The Kier molecular flexibility index (Phi) is 6.19. The molecular weight excluding hydrogens is 370 g/mol. The van der Waals surface area contributed by atoms with Gasteiger partial charge in [0.25, 0.3) is 0 Å². The number of nitrogens with zero attached hydrogens (tertiary/aromatic N) is 2. The Bertz CT molecular complexity index is 912. The lowest BCUT2D eigenvalue weighted by Gasteiger charge is -2.04. The lowest BCUT2D eigenvalue weighted by Crippen LogP contribution is -2.26. The number of carboxylic acid groups (broad SMARTS) is 1. The van der Waals surface area contributed by atoms with E-state index in [-0.39, 0.29) is 18.9 Å². The van der Waals surface area contributed by atoms with Crippen molar-refractivity contribution in [1.82, 2.24) is 15.3 Å². The van der Waals surface area contributed by atoms with Gasteiger partial charge in [-0.3, -0.25) is 9.59 Å². The molecular formula is C18H17N3O3S2. The zero-order chi connectivity index (χ0) is 18.4. The van der Waals surface area contributed by atoms with Crippen molar-refractivity contribution in [2.24, 2.45) is 0 Å². The summed E-state index contributed by atoms with van der Waals surface area (Å²) in [6.45, 7) is 0.154. The molecule has 26 heavy (non-hydrogen) atoms. The van der Waals surface area contributed by atoms with Crippen LogP contribution < -0.4 is 5.32 Å². The molecule has 0 saturated carbocycles. The van der Waals surface area contributed by atoms with Crippen LogP contribution in [0.2, 0.25) is 0 Å². The van der Waals surface area contributed by atoms with Gasteiger partial charge in [0.1, 0.15) is 16.2 Å². The Morgan fingerprint density at radius 1 is 1.15 bits per heavy atom. The van der Waals surface area contributed by atoms with Crippen molar-refractivity contribution in [2.75, 3.05) is 12.3 Å². The summed E-state index contributed by atoms with van der Waals surface area (Å²) in [5.41, 5.74) is 1.14. The van der Waals surface area contributed by atoms with E-state index < -0.39 is 5.97 Å². The van der Waals surface area contributed by atoms with Crippen molar-refractivity contribution in [2.45, 2.75) is 17.9 Å². The van der Waals surface area contributed by atoms with Crippen LogP contribution in [0.25, 0.3) is 20.7 Å². The maximum atomic E-state index is 11.7. The summed E-state index contributed by atoms with van der Waals surface area (Å²) in [5, 5.41) is 13.0. The fraction of sp³-hybridized carbons (Fsp3) is 0.222. The first-order valence-electron chi connectivity index (χ1n) is 8.05. The van der Waals surface area contributed by atoms with Crippen molar-refractivity contribution in [3.63, 3.8) is 0 Å². The van der Waals surface area contributed by atoms with Crippen LogP contribution in [0, 0.1) is 0 Å². The minimum absolute atomic E-state index is 0.0669. The number of benzene rings is 1. The van der Waals surface area contributed by atoms with Gasteiger partial charge in [0.05, 0.1) is 6.42 Å². The molecule has 0 radical (unpaired) electrons. The molecule has 2 heterocycles. The van der Waals surface area contributed by atoms with E-state index in [9.17, 15) is 9.59 Å². The number of thioether (sulfide) groups is 1. The standard InChI is InChI=1S/C18H17N3O3S2/c22-15(19-8-6-16(23)24)7-9-25-17-13-10-14(12-4-2-1-3-5-12)26-18(13)21-11-20-17/h1-5,10-11H,6-9H2,(H,19,22)(H,23,24). The minimum Gasteiger partial charge on any atom is -0.481 e. The lowest BCUT2D eigenvalue weighted by atomic mass is 10.2. The third-order valence-electron chi connectivity index (χ3n) is 3.58. The summed E-state index contributed by atoms with van der Waals surface area (Å²) in [6, 6.07) is 12.2. The van der Waals surface area contributed by atoms with Gasteiger partial charge >= 0.3 is 5.97 Å². The molecule has 3 rings (SSSR count). The van der Waals surface area contributed by atoms with Gasteiger partial charge in [-0.1, -0.05) is 30.3 Å². The van der Waals surface area contributed by atoms with Crippen LogP contribution in [0.15, 0.2) is 47.8 Å². The van der Waals surface area contributed by atoms with E-state index in [1.165, 1.54) is 11.8 Å². The third-order valence-corrected chi connectivity index (χ3v) is 5.68. The number of carbonyl (C=O) groups is 2. The number of aliphatic carboxylic acids is 1. The average Bonchev–Trinajstić information content (AvgIpc) is 3.07. The molecule has 1 aromatic carbocycles. The number of thiophene rings is 1. The molecule has 3 aromatic rings. The minimum atomic E-state index is -0.922. The van der Waals surface area contributed by atoms with Crippen LogP contribution in [0.5, 0.6) is 0 Å². The summed E-state index contributed by atoms with van der Waals surface area (Å²) < 4.78 is 0. The van der Waals surface area contributed by atoms with E-state index in [0.29, 0.717) is 12.2 Å². The van der Waals surface area contributed by atoms with Gasteiger partial charge in [-0.2, -0.15) is 0 Å². The Morgan fingerprint density at radius 3 is 2.73 bits per heavy atom. The van der Waals surface area contributed by atoms with Crippen molar-refractivity contribution in [1.29, 1.82) is 0 Å². The number of hydrogen-bond acceptors (Lipinski definition) is 6. The monoisotopic (exact) mass is 387 g/mol. The molecule has 0 aliphatic heterocycles. The number of hydrogen-bond donors (Lipinski definition) is 2. The van der Waals surface area contributed by atoms with E-state index in [1.807, 2.05) is 18.2 Å². The van der Waals surface area contributed by atoms with Crippen LogP contribution >= 0.6 is 23.1 Å². The highest BCUT2D eigenvalue weighted by molar-refractivity contribution is 7.99. The second kappa shape index (κ2) is 8.77. The summed E-state index contributed by atoms with van der Waals surface area (Å²) in [6.07, 6.45) is 1.79. The maximum Gasteiger partial charge on any atom is 0.305 e. The Morgan fingerprint density at radius 2 is 1.96 bits per heavy atom. The predicted octanol–water partition coefficient (Wildman–Crippen LogP) is 3.43. The molecule has 2 N–H and O–H groups in total. The molecule has 0 saturated heterocycles. The molecule has 0 atom stereocenters. The van der Waals surface area contributed by atoms with Crippen LogP contribution in [-0.4, -0.2) is 39.2 Å². The first-order valence-corrected chi connectivity index (χ1v) is 9.85. The number of nitrogens with one attached hydrogen (secondary N) is 1. The van der Waals surface area contributed by atoms with Crippen molar-refractivity contribution in [3.05, 3.63) is 42.7 Å². The molecule has 0 spiro atoms. The number of aromatic nitrogens is 2. The van der Waals surface area contributed by atoms with Gasteiger partial charge in [-0.15, -0.1) is 23.1 Å². The van der Waals surface area contributed by atoms with Crippen LogP contribution in [-0.2, 0) is 9.59 Å². The second-order valence-corrected chi connectivity index (χ2v) is 7.58. The highest BCUT2D eigenvalue weighted by atomic mass is 32.2. The van der Waals surface area contributed by atoms with Gasteiger partial charge in [-0.05, 0) is 11.6 Å². The van der Waals surface area contributed by atoms with Gasteiger partial charge in [-0.25, -0.2) is 9.97 Å². The van der Waals surface area contributed by atoms with E-state index in [0.717, 1.165) is 25.7 Å². The first-order chi connectivity index (χ1) is 12.6. The van der Waals surface area contributed by atoms with Gasteiger partial charge in [0, 0.05) is 29.0 Å². The Balaban J connectivity index is 1.62. The molecule has 0 fully saturated rings. The highest BCUT2D eigenvalue weighted by Gasteiger charge is 2.11. The largest absolute Gasteiger partial charge is 0.481 e. The molecule has 6 nitrogen and oxygen atoms in total. The second-order valence-electron chi connectivity index (χ2n) is 5.47. The smallest absolute Gasteiger partial charge is 0.305 e. The summed E-state index contributed by atoms with van der Waals surface area (Å²) >= 11 is 3.12.